The lowest BCUT2D eigenvalue weighted by atomic mass is 9.89. The lowest BCUT2D eigenvalue weighted by Crippen LogP contribution is -2.38. The van der Waals surface area contributed by atoms with Gasteiger partial charge in [-0.2, -0.15) is 14.5 Å². The molecule has 150 valence electrons. The molecule has 0 bridgehead atoms. The van der Waals surface area contributed by atoms with Crippen LogP contribution in [0, 0.1) is 6.92 Å². The summed E-state index contributed by atoms with van der Waals surface area (Å²) in [6, 6.07) is 1.98. The molecule has 28 heavy (non-hydrogen) atoms. The van der Waals surface area contributed by atoms with Crippen molar-refractivity contribution in [2.75, 3.05) is 20.1 Å². The van der Waals surface area contributed by atoms with Crippen LogP contribution in [-0.2, 0) is 28.4 Å². The second-order valence-corrected chi connectivity index (χ2v) is 8.93. The minimum atomic E-state index is -3.82. The predicted octanol–water partition coefficient (Wildman–Crippen LogP) is 1.49. The highest BCUT2D eigenvalue weighted by Crippen LogP contribution is 2.33. The maximum atomic E-state index is 13.3. The highest BCUT2D eigenvalue weighted by atomic mass is 32.2. The van der Waals surface area contributed by atoms with Gasteiger partial charge in [0.25, 0.3) is 0 Å². The van der Waals surface area contributed by atoms with Gasteiger partial charge < -0.3 is 4.74 Å². The maximum Gasteiger partial charge on any atom is 0.246 e. The minimum Gasteiger partial charge on any atom is -0.378 e. The molecule has 3 aromatic heterocycles. The molecular weight excluding hydrogens is 380 g/mol. The van der Waals surface area contributed by atoms with E-state index in [0.717, 1.165) is 16.8 Å². The van der Waals surface area contributed by atoms with Crippen LogP contribution in [-0.4, -0.2) is 57.2 Å². The van der Waals surface area contributed by atoms with Crippen molar-refractivity contribution in [2.45, 2.75) is 37.2 Å². The average molecular weight is 408 g/mol. The Morgan fingerprint density at radius 2 is 2.11 bits per heavy atom. The molecule has 0 N–H and O–H groups in total. The number of rotatable bonds is 5. The quantitative estimate of drug-likeness (QED) is 0.636. The summed E-state index contributed by atoms with van der Waals surface area (Å²) in [5.41, 5.74) is 3.25. The molecule has 9 nitrogen and oxygen atoms in total. The Morgan fingerprint density at radius 3 is 2.86 bits per heavy atom. The number of pyridine rings is 1. The van der Waals surface area contributed by atoms with E-state index in [0.29, 0.717) is 25.9 Å². The second kappa shape index (κ2) is 7.26. The average Bonchev–Trinajstić information content (AvgIpc) is 3.31. The Kier molecular flexibility index (Phi) is 4.05. The van der Waals surface area contributed by atoms with E-state index in [-0.39, 0.29) is 23.1 Å². The number of piperidine rings is 1. The third-order valence-corrected chi connectivity index (χ3v) is 7.35. The fourth-order valence-electron chi connectivity index (χ4n) is 3.84. The van der Waals surface area contributed by atoms with Crippen LogP contribution in [0.1, 0.15) is 39.7 Å². The van der Waals surface area contributed by atoms with Gasteiger partial charge in [0.05, 0.1) is 22.6 Å². The zero-order valence-electron chi connectivity index (χ0n) is 18.7. The second-order valence-electron chi connectivity index (χ2n) is 7.02. The number of fused-ring (bicyclic) bond motifs is 1. The third-order valence-electron chi connectivity index (χ3n) is 5.41. The van der Waals surface area contributed by atoms with Crippen LogP contribution in [0.4, 0.5) is 0 Å². The first-order valence-corrected chi connectivity index (χ1v) is 10.4. The van der Waals surface area contributed by atoms with E-state index in [9.17, 15) is 8.42 Å². The molecule has 10 heteroatoms. The van der Waals surface area contributed by atoms with Crippen molar-refractivity contribution < 1.29 is 17.3 Å². The van der Waals surface area contributed by atoms with Crippen molar-refractivity contribution in [1.29, 1.82) is 0 Å². The van der Waals surface area contributed by atoms with E-state index in [4.69, 9.17) is 8.85 Å². The topological polar surface area (TPSA) is 94.6 Å². The summed E-state index contributed by atoms with van der Waals surface area (Å²) in [6.07, 6.45) is 6.07. The number of nitrogens with zero attached hydrogens (tertiary/aromatic N) is 6. The first-order valence-electron chi connectivity index (χ1n) is 10.5. The Labute approximate surface area is 168 Å². The highest BCUT2D eigenvalue weighted by molar-refractivity contribution is 7.89. The van der Waals surface area contributed by atoms with Gasteiger partial charge in [0, 0.05) is 33.4 Å². The number of hydrogen-bond acceptors (Lipinski definition) is 6. The number of aromatic nitrogens is 5. The zero-order chi connectivity index (χ0) is 22.4. The molecule has 1 aliphatic heterocycles. The molecule has 0 radical (unpaired) electrons. The molecule has 1 saturated heterocycles. The predicted molar refractivity (Wildman–Crippen MR) is 102 cm³/mol. The summed E-state index contributed by atoms with van der Waals surface area (Å²) in [6.45, 7) is 2.38. The molecule has 3 aromatic rings. The number of ether oxygens (including phenoxy) is 1. The van der Waals surface area contributed by atoms with Crippen molar-refractivity contribution in [3.63, 3.8) is 0 Å². The van der Waals surface area contributed by atoms with Crippen LogP contribution in [0.3, 0.4) is 0 Å². The Balaban J connectivity index is 1.51. The van der Waals surface area contributed by atoms with Crippen molar-refractivity contribution in [2.24, 2.45) is 7.05 Å². The summed E-state index contributed by atoms with van der Waals surface area (Å²) >= 11 is 0. The molecule has 0 aliphatic carbocycles. The normalized spacial score (nSPS) is 18.9. The van der Waals surface area contributed by atoms with Gasteiger partial charge in [-0.15, -0.1) is 0 Å². The molecule has 0 saturated carbocycles. The smallest absolute Gasteiger partial charge is 0.246 e. The van der Waals surface area contributed by atoms with Crippen LogP contribution in [0.2, 0.25) is 0 Å². The maximum absolute atomic E-state index is 13.3. The summed E-state index contributed by atoms with van der Waals surface area (Å²) < 4.78 is 57.4. The van der Waals surface area contributed by atoms with E-state index in [1.807, 2.05) is 19.2 Å². The Bertz CT molecular complexity index is 1200. The van der Waals surface area contributed by atoms with Gasteiger partial charge in [-0.25, -0.2) is 17.9 Å². The van der Waals surface area contributed by atoms with Crippen molar-refractivity contribution in [3.8, 4) is 0 Å². The van der Waals surface area contributed by atoms with Crippen LogP contribution < -0.4 is 0 Å². The molecule has 0 unspecified atom stereocenters. The Hall–Kier alpha value is -2.30. The fraction of sp³-hybridized carbons (Fsp3) is 0.500. The zero-order valence-corrected chi connectivity index (χ0v) is 16.6. The van der Waals surface area contributed by atoms with Crippen molar-refractivity contribution in [3.05, 3.63) is 41.6 Å². The minimum absolute atomic E-state index is 0.0158. The van der Waals surface area contributed by atoms with Crippen LogP contribution >= 0.6 is 0 Å². The van der Waals surface area contributed by atoms with Gasteiger partial charge >= 0.3 is 0 Å². The summed E-state index contributed by atoms with van der Waals surface area (Å²) in [4.78, 5) is 4.18. The molecule has 0 spiro atoms. The largest absolute Gasteiger partial charge is 0.378 e. The molecule has 4 heterocycles. The van der Waals surface area contributed by atoms with E-state index in [1.54, 1.807) is 11.6 Å². The molecule has 0 aromatic carbocycles. The van der Waals surface area contributed by atoms with Gasteiger partial charge in [-0.1, -0.05) is 0 Å². The summed E-state index contributed by atoms with van der Waals surface area (Å²) in [5.74, 6) is 0.215. The van der Waals surface area contributed by atoms with E-state index < -0.39 is 17.1 Å². The van der Waals surface area contributed by atoms with Crippen molar-refractivity contribution in [1.82, 2.24) is 28.7 Å². The monoisotopic (exact) mass is 407 g/mol. The number of hydrogen-bond donors (Lipinski definition) is 0. The molecular formula is C18H24N6O3S. The standard InChI is InChI=1S/C18H24N6O3S/c1-13-8-18-19-12-21-24(18)10-15(13)14-4-6-23(7-5-14)28(25,26)17-9-20-22(2)16(17)11-27-3/h8-10,12,14H,4-7,11H2,1-3H3/i3D3. The van der Waals surface area contributed by atoms with Gasteiger partial charge in [0.2, 0.25) is 10.0 Å². The number of methoxy groups -OCH3 is 1. The lowest BCUT2D eigenvalue weighted by Gasteiger charge is -2.32. The van der Waals surface area contributed by atoms with E-state index in [1.165, 1.54) is 21.5 Å². The SMILES string of the molecule is [2H]C([2H])([2H])OCc1c(S(=O)(=O)N2CCC(c3cn4ncnc4cc3C)CC2)cnn1C. The third kappa shape index (κ3) is 3.21. The van der Waals surface area contributed by atoms with Crippen molar-refractivity contribution >= 4 is 15.7 Å². The molecule has 0 atom stereocenters. The number of sulfonamides is 1. The Morgan fingerprint density at radius 1 is 1.32 bits per heavy atom. The number of aryl methyl sites for hydroxylation is 2. The van der Waals surface area contributed by atoms with Gasteiger partial charge in [-0.3, -0.25) is 4.68 Å². The van der Waals surface area contributed by atoms with Crippen LogP contribution in [0.15, 0.2) is 29.7 Å². The van der Waals surface area contributed by atoms with Gasteiger partial charge in [-0.05, 0) is 42.9 Å². The highest BCUT2D eigenvalue weighted by Gasteiger charge is 2.33. The van der Waals surface area contributed by atoms with Gasteiger partial charge in [0.15, 0.2) is 5.65 Å². The van der Waals surface area contributed by atoms with E-state index in [2.05, 4.69) is 15.2 Å². The molecule has 4 rings (SSSR count). The molecule has 1 aliphatic rings. The first kappa shape index (κ1) is 15.6. The van der Waals surface area contributed by atoms with Crippen LogP contribution in [0.25, 0.3) is 5.65 Å². The summed E-state index contributed by atoms with van der Waals surface area (Å²) in [5, 5.41) is 8.20. The van der Waals surface area contributed by atoms with Gasteiger partial charge in [0.1, 0.15) is 11.2 Å². The first-order chi connectivity index (χ1) is 14.6. The fourth-order valence-corrected chi connectivity index (χ4v) is 5.48. The molecule has 0 amide bonds. The van der Waals surface area contributed by atoms with E-state index >= 15 is 0 Å². The van der Waals surface area contributed by atoms with Crippen LogP contribution in [0.5, 0.6) is 0 Å². The summed E-state index contributed by atoms with van der Waals surface area (Å²) in [7, 11) is -4.88. The molecule has 1 fully saturated rings. The lowest BCUT2D eigenvalue weighted by molar-refractivity contribution is 0.175.